The van der Waals surface area contributed by atoms with E-state index in [2.05, 4.69) is 10.3 Å². The number of hydrogen-bond acceptors (Lipinski definition) is 5. The Morgan fingerprint density at radius 3 is 2.74 bits per heavy atom. The Morgan fingerprint density at radius 2 is 1.93 bits per heavy atom. The molecular weight excluding hydrogens is 374 g/mol. The number of amides is 1. The summed E-state index contributed by atoms with van der Waals surface area (Å²) >= 11 is 3.10. The molecule has 6 heteroatoms. The summed E-state index contributed by atoms with van der Waals surface area (Å²) in [6.07, 6.45) is 1.52. The maximum absolute atomic E-state index is 12.6. The van der Waals surface area contributed by atoms with Crippen molar-refractivity contribution in [3.63, 3.8) is 0 Å². The SMILES string of the molecule is N#C/C(=C/c1csc(-c2cccs2)n1)C(=O)Nc1cccc2ccccc12. The fraction of sp³-hybridized carbons (Fsp3) is 0. The predicted octanol–water partition coefficient (Wildman–Crippen LogP) is 5.57. The second-order valence-corrected chi connectivity index (χ2v) is 7.51. The number of fused-ring (bicyclic) bond motifs is 1. The number of carbonyl (C=O) groups is 1. The highest BCUT2D eigenvalue weighted by atomic mass is 32.1. The second kappa shape index (κ2) is 7.54. The number of nitrogens with zero attached hydrogens (tertiary/aromatic N) is 2. The summed E-state index contributed by atoms with van der Waals surface area (Å²) in [5, 5.41) is 18.9. The molecule has 2 heterocycles. The number of anilines is 1. The average molecular weight is 387 g/mol. The van der Waals surface area contributed by atoms with Crippen LogP contribution in [0.4, 0.5) is 5.69 Å². The number of rotatable bonds is 4. The van der Waals surface area contributed by atoms with Gasteiger partial charge in [0.05, 0.1) is 10.6 Å². The van der Waals surface area contributed by atoms with E-state index >= 15 is 0 Å². The van der Waals surface area contributed by atoms with Crippen molar-refractivity contribution < 1.29 is 4.79 Å². The normalized spacial score (nSPS) is 11.3. The van der Waals surface area contributed by atoms with Gasteiger partial charge in [-0.25, -0.2) is 4.98 Å². The van der Waals surface area contributed by atoms with E-state index in [1.54, 1.807) is 11.3 Å². The maximum atomic E-state index is 12.6. The Hall–Kier alpha value is -3.27. The van der Waals surface area contributed by atoms with Crippen LogP contribution < -0.4 is 5.32 Å². The third-order valence-corrected chi connectivity index (χ3v) is 5.85. The van der Waals surface area contributed by atoms with Gasteiger partial charge in [-0.05, 0) is 29.0 Å². The van der Waals surface area contributed by atoms with Crippen LogP contribution in [-0.4, -0.2) is 10.9 Å². The van der Waals surface area contributed by atoms with Gasteiger partial charge in [-0.15, -0.1) is 22.7 Å². The van der Waals surface area contributed by atoms with E-state index in [1.165, 1.54) is 17.4 Å². The Kier molecular flexibility index (Phi) is 4.79. The van der Waals surface area contributed by atoms with E-state index in [-0.39, 0.29) is 5.57 Å². The molecule has 0 aliphatic carbocycles. The first-order valence-electron chi connectivity index (χ1n) is 8.15. The summed E-state index contributed by atoms with van der Waals surface area (Å²) in [5.41, 5.74) is 1.30. The third kappa shape index (κ3) is 3.65. The molecule has 0 fully saturated rings. The summed E-state index contributed by atoms with van der Waals surface area (Å²) < 4.78 is 0. The van der Waals surface area contributed by atoms with Crippen molar-refractivity contribution in [3.8, 4) is 16.0 Å². The molecular formula is C21H13N3OS2. The number of aromatic nitrogens is 1. The monoisotopic (exact) mass is 387 g/mol. The van der Waals surface area contributed by atoms with Crippen molar-refractivity contribution >= 4 is 51.1 Å². The van der Waals surface area contributed by atoms with Gasteiger partial charge in [0.1, 0.15) is 16.6 Å². The number of carbonyl (C=O) groups excluding carboxylic acids is 1. The van der Waals surface area contributed by atoms with Crippen molar-refractivity contribution in [2.24, 2.45) is 0 Å². The van der Waals surface area contributed by atoms with Crippen molar-refractivity contribution in [2.45, 2.75) is 0 Å². The lowest BCUT2D eigenvalue weighted by atomic mass is 10.1. The number of thiazole rings is 1. The Balaban J connectivity index is 1.60. The minimum absolute atomic E-state index is 0.0194. The van der Waals surface area contributed by atoms with E-state index in [9.17, 15) is 10.1 Å². The van der Waals surface area contributed by atoms with Gasteiger partial charge in [-0.1, -0.05) is 42.5 Å². The molecule has 0 aliphatic heterocycles. The minimum atomic E-state index is -0.445. The summed E-state index contributed by atoms with van der Waals surface area (Å²) in [4.78, 5) is 18.2. The van der Waals surface area contributed by atoms with E-state index in [0.717, 1.165) is 20.7 Å². The lowest BCUT2D eigenvalue weighted by Crippen LogP contribution is -2.13. The molecule has 0 aliphatic rings. The van der Waals surface area contributed by atoms with Crippen LogP contribution in [0.1, 0.15) is 5.69 Å². The minimum Gasteiger partial charge on any atom is -0.321 e. The van der Waals surface area contributed by atoms with E-state index in [1.807, 2.05) is 71.4 Å². The zero-order valence-corrected chi connectivity index (χ0v) is 15.7. The molecule has 0 bridgehead atoms. The van der Waals surface area contributed by atoms with Crippen LogP contribution in [-0.2, 0) is 4.79 Å². The molecule has 2 aromatic carbocycles. The van der Waals surface area contributed by atoms with Gasteiger partial charge in [0.25, 0.3) is 5.91 Å². The summed E-state index contributed by atoms with van der Waals surface area (Å²) in [6.45, 7) is 0. The van der Waals surface area contributed by atoms with Crippen molar-refractivity contribution in [1.82, 2.24) is 4.98 Å². The molecule has 4 rings (SSSR count). The first-order chi connectivity index (χ1) is 13.2. The van der Waals surface area contributed by atoms with Crippen LogP contribution in [0, 0.1) is 11.3 Å². The molecule has 4 nitrogen and oxygen atoms in total. The highest BCUT2D eigenvalue weighted by Gasteiger charge is 2.13. The molecule has 0 saturated heterocycles. The number of nitrogens with one attached hydrogen (secondary N) is 1. The Morgan fingerprint density at radius 1 is 1.07 bits per heavy atom. The lowest BCUT2D eigenvalue weighted by molar-refractivity contribution is -0.112. The van der Waals surface area contributed by atoms with Crippen LogP contribution in [0.2, 0.25) is 0 Å². The fourth-order valence-electron chi connectivity index (χ4n) is 2.69. The van der Waals surface area contributed by atoms with Crippen molar-refractivity contribution in [3.05, 3.63) is 76.6 Å². The molecule has 4 aromatic rings. The smallest absolute Gasteiger partial charge is 0.266 e. The highest BCUT2D eigenvalue weighted by molar-refractivity contribution is 7.20. The zero-order chi connectivity index (χ0) is 18.6. The molecule has 130 valence electrons. The number of nitriles is 1. The quantitative estimate of drug-likeness (QED) is 0.368. The van der Waals surface area contributed by atoms with Gasteiger partial charge in [0, 0.05) is 16.5 Å². The van der Waals surface area contributed by atoms with Crippen LogP contribution in [0.25, 0.3) is 26.7 Å². The fourth-order valence-corrected chi connectivity index (χ4v) is 4.28. The molecule has 0 spiro atoms. The van der Waals surface area contributed by atoms with E-state index < -0.39 is 5.91 Å². The first kappa shape index (κ1) is 17.2. The van der Waals surface area contributed by atoms with Crippen LogP contribution in [0.5, 0.6) is 0 Å². The standard InChI is InChI=1S/C21H13N3OS2/c22-12-15(11-16-13-27-21(23-16)19-9-4-10-26-19)20(25)24-18-8-3-6-14-5-1-2-7-17(14)18/h1-11,13H,(H,24,25)/b15-11-. The molecule has 1 amide bonds. The van der Waals surface area contributed by atoms with Gasteiger partial charge in [-0.3, -0.25) is 4.79 Å². The zero-order valence-electron chi connectivity index (χ0n) is 14.0. The summed E-state index contributed by atoms with van der Waals surface area (Å²) in [7, 11) is 0. The van der Waals surface area contributed by atoms with Gasteiger partial charge >= 0.3 is 0 Å². The molecule has 0 unspecified atom stereocenters. The number of benzene rings is 2. The largest absolute Gasteiger partial charge is 0.321 e. The molecule has 27 heavy (non-hydrogen) atoms. The molecule has 0 radical (unpaired) electrons. The van der Waals surface area contributed by atoms with Crippen LogP contribution in [0.15, 0.2) is 70.9 Å². The highest BCUT2D eigenvalue weighted by Crippen LogP contribution is 2.28. The first-order valence-corrected chi connectivity index (χ1v) is 9.91. The topological polar surface area (TPSA) is 65.8 Å². The Bertz CT molecular complexity index is 1180. The maximum Gasteiger partial charge on any atom is 0.266 e. The van der Waals surface area contributed by atoms with Crippen molar-refractivity contribution in [2.75, 3.05) is 5.32 Å². The molecule has 2 aromatic heterocycles. The van der Waals surface area contributed by atoms with Crippen LogP contribution in [0.3, 0.4) is 0 Å². The van der Waals surface area contributed by atoms with Gasteiger partial charge in [0.15, 0.2) is 0 Å². The molecule has 0 saturated carbocycles. The number of hydrogen-bond donors (Lipinski definition) is 1. The second-order valence-electron chi connectivity index (χ2n) is 5.71. The van der Waals surface area contributed by atoms with E-state index in [4.69, 9.17) is 0 Å². The average Bonchev–Trinajstić information content (AvgIpc) is 3.38. The predicted molar refractivity (Wildman–Crippen MR) is 112 cm³/mol. The number of thiophene rings is 1. The van der Waals surface area contributed by atoms with Gasteiger partial charge in [-0.2, -0.15) is 5.26 Å². The van der Waals surface area contributed by atoms with Crippen LogP contribution >= 0.6 is 22.7 Å². The summed E-state index contributed by atoms with van der Waals surface area (Å²) in [6, 6.07) is 19.4. The van der Waals surface area contributed by atoms with Crippen molar-refractivity contribution in [1.29, 1.82) is 5.26 Å². The van der Waals surface area contributed by atoms with Gasteiger partial charge < -0.3 is 5.32 Å². The molecule has 1 N–H and O–H groups in total. The summed E-state index contributed by atoms with van der Waals surface area (Å²) in [5.74, 6) is -0.445. The van der Waals surface area contributed by atoms with Gasteiger partial charge in [0.2, 0.25) is 0 Å². The third-order valence-electron chi connectivity index (χ3n) is 3.95. The Labute approximate surface area is 164 Å². The lowest BCUT2D eigenvalue weighted by Gasteiger charge is -2.08. The van der Waals surface area contributed by atoms with E-state index in [0.29, 0.717) is 11.4 Å². The molecule has 0 atom stereocenters.